The minimum Gasteiger partial charge on any atom is -0.206 e. The highest BCUT2D eigenvalue weighted by Crippen LogP contribution is 2.31. The second-order valence-corrected chi connectivity index (χ2v) is 2.04. The van der Waals surface area contributed by atoms with Gasteiger partial charge in [-0.2, -0.15) is 13.2 Å². The highest BCUT2D eigenvalue weighted by Gasteiger charge is 2.33. The van der Waals surface area contributed by atoms with Crippen LogP contribution in [0.3, 0.4) is 0 Å². The lowest BCUT2D eigenvalue weighted by Gasteiger charge is -2.06. The molecule has 1 aromatic rings. The minimum atomic E-state index is -4.80. The van der Waals surface area contributed by atoms with E-state index in [0.717, 1.165) is 0 Å². The molecule has 1 aromatic carbocycles. The van der Waals surface area contributed by atoms with Gasteiger partial charge >= 0.3 is 6.18 Å². The van der Waals surface area contributed by atoms with Crippen LogP contribution >= 0.6 is 0 Å². The molecule has 0 saturated carbocycles. The molecule has 0 aliphatic rings. The Morgan fingerprint density at radius 1 is 1.17 bits per heavy atom. The van der Waals surface area contributed by atoms with Crippen molar-refractivity contribution in [1.29, 1.82) is 0 Å². The van der Waals surface area contributed by atoms with E-state index in [1.54, 1.807) is 6.07 Å². The smallest absolute Gasteiger partial charge is 0.206 e. The highest BCUT2D eigenvalue weighted by molar-refractivity contribution is 5.20. The fraction of sp³-hybridized carbons (Fsp3) is 0.143. The summed E-state index contributed by atoms with van der Waals surface area (Å²) in [5, 5.41) is 0. The van der Waals surface area contributed by atoms with Crippen LogP contribution in [0.4, 0.5) is 22.0 Å². The van der Waals surface area contributed by atoms with Gasteiger partial charge in [-0.3, -0.25) is 0 Å². The van der Waals surface area contributed by atoms with E-state index in [1.165, 1.54) is 0 Å². The number of alkyl halides is 3. The van der Waals surface area contributed by atoms with Crippen molar-refractivity contribution < 1.29 is 22.0 Å². The van der Waals surface area contributed by atoms with Gasteiger partial charge in [-0.15, -0.1) is 0 Å². The molecule has 0 aliphatic carbocycles. The van der Waals surface area contributed by atoms with E-state index < -0.39 is 23.4 Å². The largest absolute Gasteiger partial charge is 0.419 e. The van der Waals surface area contributed by atoms with Crippen molar-refractivity contribution in [2.45, 2.75) is 6.18 Å². The normalized spacial score (nSPS) is 11.8. The van der Waals surface area contributed by atoms with E-state index >= 15 is 0 Å². The molecule has 0 unspecified atom stereocenters. The second-order valence-electron chi connectivity index (χ2n) is 2.04. The lowest BCUT2D eigenvalue weighted by Crippen LogP contribution is -2.08. The van der Waals surface area contributed by atoms with Gasteiger partial charge in [0.15, 0.2) is 0 Å². The van der Waals surface area contributed by atoms with E-state index in [-0.39, 0.29) is 12.1 Å². The first kappa shape index (κ1) is 8.96. The predicted octanol–water partition coefficient (Wildman–Crippen LogP) is 2.78. The van der Waals surface area contributed by atoms with Crippen LogP contribution < -0.4 is 0 Å². The van der Waals surface area contributed by atoms with E-state index in [0.29, 0.717) is 0 Å². The van der Waals surface area contributed by atoms with Crippen LogP contribution in [0.25, 0.3) is 0 Å². The van der Waals surface area contributed by atoms with Crippen LogP contribution in [-0.4, -0.2) is 0 Å². The zero-order valence-corrected chi connectivity index (χ0v) is 5.54. The summed E-state index contributed by atoms with van der Waals surface area (Å²) in [6.07, 6.45) is -4.80. The molecular formula is C7H2F5. The van der Waals surface area contributed by atoms with Crippen molar-refractivity contribution in [2.75, 3.05) is 0 Å². The Bertz CT molecular complexity index is 288. The number of hydrogen-bond donors (Lipinski definition) is 0. The van der Waals surface area contributed by atoms with Crippen LogP contribution in [0.5, 0.6) is 0 Å². The number of benzene rings is 1. The van der Waals surface area contributed by atoms with Gasteiger partial charge in [-0.1, -0.05) is 0 Å². The molecule has 0 amide bonds. The Balaban J connectivity index is 3.19. The topological polar surface area (TPSA) is 0 Å². The second kappa shape index (κ2) is 2.73. The average Bonchev–Trinajstić information content (AvgIpc) is 1.83. The average molecular weight is 181 g/mol. The molecule has 0 bridgehead atoms. The molecule has 0 nitrogen and oxygen atoms in total. The van der Waals surface area contributed by atoms with E-state index in [4.69, 9.17) is 0 Å². The van der Waals surface area contributed by atoms with Crippen molar-refractivity contribution >= 4 is 0 Å². The van der Waals surface area contributed by atoms with E-state index in [9.17, 15) is 22.0 Å². The Labute approximate surface area is 64.6 Å². The van der Waals surface area contributed by atoms with Gasteiger partial charge in [-0.05, 0) is 6.07 Å². The quantitative estimate of drug-likeness (QED) is 0.540. The summed E-state index contributed by atoms with van der Waals surface area (Å²) in [5.74, 6) is -2.78. The summed E-state index contributed by atoms with van der Waals surface area (Å²) in [7, 11) is 0. The van der Waals surface area contributed by atoms with Crippen LogP contribution in [0.1, 0.15) is 5.56 Å². The molecule has 12 heavy (non-hydrogen) atoms. The van der Waals surface area contributed by atoms with Crippen LogP contribution in [0.2, 0.25) is 0 Å². The zero-order chi connectivity index (χ0) is 9.35. The molecular weight excluding hydrogens is 179 g/mol. The number of rotatable bonds is 0. The molecule has 65 valence electrons. The third kappa shape index (κ3) is 1.72. The molecule has 0 aromatic heterocycles. The molecule has 0 atom stereocenters. The summed E-state index contributed by atoms with van der Waals surface area (Å²) in [4.78, 5) is 0. The van der Waals surface area contributed by atoms with Crippen molar-refractivity contribution in [3.05, 3.63) is 35.4 Å². The third-order valence-electron chi connectivity index (χ3n) is 1.17. The lowest BCUT2D eigenvalue weighted by molar-refractivity contribution is -0.140. The predicted molar refractivity (Wildman–Crippen MR) is 30.2 cm³/mol. The fourth-order valence-electron chi connectivity index (χ4n) is 0.658. The highest BCUT2D eigenvalue weighted by atomic mass is 19.4. The van der Waals surface area contributed by atoms with Crippen molar-refractivity contribution in [3.8, 4) is 0 Å². The van der Waals surface area contributed by atoms with Crippen molar-refractivity contribution in [1.82, 2.24) is 0 Å². The van der Waals surface area contributed by atoms with E-state index in [1.807, 2.05) is 0 Å². The molecule has 5 heteroatoms. The molecule has 1 rings (SSSR count). The molecule has 0 N–H and O–H groups in total. The monoisotopic (exact) mass is 181 g/mol. The third-order valence-corrected chi connectivity index (χ3v) is 1.17. The zero-order valence-electron chi connectivity index (χ0n) is 5.54. The van der Waals surface area contributed by atoms with Gasteiger partial charge in [0.1, 0.15) is 11.6 Å². The minimum absolute atomic E-state index is 0.142. The summed E-state index contributed by atoms with van der Waals surface area (Å²) in [6, 6.07) is 2.00. The first-order valence-electron chi connectivity index (χ1n) is 2.85. The summed E-state index contributed by atoms with van der Waals surface area (Å²) < 4.78 is 59.8. The maximum Gasteiger partial charge on any atom is 0.419 e. The van der Waals surface area contributed by atoms with Crippen molar-refractivity contribution in [3.63, 3.8) is 0 Å². The van der Waals surface area contributed by atoms with Gasteiger partial charge in [-0.25, -0.2) is 8.78 Å². The van der Waals surface area contributed by atoms with Gasteiger partial charge in [0.2, 0.25) is 0 Å². The molecule has 0 fully saturated rings. The van der Waals surface area contributed by atoms with Gasteiger partial charge < -0.3 is 0 Å². The summed E-state index contributed by atoms with van der Waals surface area (Å²) >= 11 is 0. The summed E-state index contributed by atoms with van der Waals surface area (Å²) in [5.41, 5.74) is -1.51. The molecule has 0 heterocycles. The number of hydrogen-bond acceptors (Lipinski definition) is 0. The Morgan fingerprint density at radius 3 is 2.17 bits per heavy atom. The SMILES string of the molecule is Fc1[c]cc(C(F)(F)F)c(F)c1. The van der Waals surface area contributed by atoms with Crippen LogP contribution in [0.15, 0.2) is 12.1 Å². The van der Waals surface area contributed by atoms with Crippen LogP contribution in [-0.2, 0) is 6.18 Å². The van der Waals surface area contributed by atoms with Gasteiger partial charge in [0, 0.05) is 12.1 Å². The maximum absolute atomic E-state index is 12.4. The van der Waals surface area contributed by atoms with Crippen LogP contribution in [0, 0.1) is 17.7 Å². The van der Waals surface area contributed by atoms with Gasteiger partial charge in [0.05, 0.1) is 5.56 Å². The fourth-order valence-corrected chi connectivity index (χ4v) is 0.658. The first-order valence-corrected chi connectivity index (χ1v) is 2.85. The standard InChI is InChI=1S/C7H2F5/c8-4-1-2-5(6(9)3-4)7(10,11)12/h2-3H. The Kier molecular flexibility index (Phi) is 2.04. The molecule has 1 radical (unpaired) electrons. The van der Waals surface area contributed by atoms with Gasteiger partial charge in [0.25, 0.3) is 0 Å². The van der Waals surface area contributed by atoms with E-state index in [2.05, 4.69) is 0 Å². The lowest BCUT2D eigenvalue weighted by atomic mass is 10.2. The molecule has 0 aliphatic heterocycles. The molecule has 0 saturated heterocycles. The Morgan fingerprint density at radius 2 is 1.75 bits per heavy atom. The first-order chi connectivity index (χ1) is 5.41. The molecule has 0 spiro atoms. The maximum atomic E-state index is 12.4. The van der Waals surface area contributed by atoms with Crippen molar-refractivity contribution in [2.24, 2.45) is 0 Å². The number of halogens is 5. The Hall–Kier alpha value is -1.13. The summed E-state index contributed by atoms with van der Waals surface area (Å²) in [6.45, 7) is 0.